The lowest BCUT2D eigenvalue weighted by Gasteiger charge is -2.39. The van der Waals surface area contributed by atoms with E-state index in [9.17, 15) is 14.4 Å². The molecular weight excluding hydrogens is 582 g/mol. The fraction of sp³-hybridized carbons (Fsp3) is 0.500. The zero-order valence-electron chi connectivity index (χ0n) is 26.8. The molecule has 0 aromatic heterocycles. The summed E-state index contributed by atoms with van der Waals surface area (Å²) in [5.74, 6) is 0.273. The minimum absolute atomic E-state index is 0.331. The third-order valence-corrected chi connectivity index (χ3v) is 7.91. The van der Waals surface area contributed by atoms with Gasteiger partial charge >= 0.3 is 6.09 Å². The summed E-state index contributed by atoms with van der Waals surface area (Å²) in [4.78, 5) is 43.5. The van der Waals surface area contributed by atoms with Gasteiger partial charge in [0.05, 0.1) is 10.7 Å². The number of carbonyl (C=O) groups is 3. The fourth-order valence-corrected chi connectivity index (χ4v) is 5.45. The molecule has 2 rings (SSSR count). The van der Waals surface area contributed by atoms with Gasteiger partial charge in [-0.2, -0.15) is 11.8 Å². The van der Waals surface area contributed by atoms with Crippen molar-refractivity contribution in [2.45, 2.75) is 91.5 Å². The Bertz CT molecular complexity index is 1240. The molecule has 7 nitrogen and oxygen atoms in total. The van der Waals surface area contributed by atoms with E-state index in [4.69, 9.17) is 16.3 Å². The molecule has 0 saturated carbocycles. The molecule has 3 unspecified atom stereocenters. The number of benzene rings is 2. The molecule has 0 aliphatic rings. The highest BCUT2D eigenvalue weighted by Crippen LogP contribution is 2.32. The summed E-state index contributed by atoms with van der Waals surface area (Å²) in [6.07, 6.45) is 4.86. The van der Waals surface area contributed by atoms with Crippen LogP contribution in [-0.2, 0) is 14.3 Å². The predicted molar refractivity (Wildman–Crippen MR) is 181 cm³/mol. The number of nitrogens with zero attached hydrogens (tertiary/aromatic N) is 1. The molecule has 0 aliphatic carbocycles. The maximum atomic E-state index is 14.6. The lowest BCUT2D eigenvalue weighted by atomic mass is 9.95. The van der Waals surface area contributed by atoms with Crippen molar-refractivity contribution in [1.29, 1.82) is 0 Å². The first kappa shape index (κ1) is 36.2. The van der Waals surface area contributed by atoms with Gasteiger partial charge in [0, 0.05) is 6.04 Å². The number of aryl methyl sites for hydroxylation is 1. The highest BCUT2D eigenvalue weighted by Gasteiger charge is 2.39. The maximum absolute atomic E-state index is 14.6. The molecule has 0 bridgehead atoms. The van der Waals surface area contributed by atoms with Crippen LogP contribution in [0.4, 0.5) is 10.5 Å². The van der Waals surface area contributed by atoms with Crippen molar-refractivity contribution in [2.24, 2.45) is 5.92 Å². The number of amides is 3. The van der Waals surface area contributed by atoms with Gasteiger partial charge in [-0.1, -0.05) is 68.4 Å². The quantitative estimate of drug-likeness (QED) is 0.220. The third-order valence-electron chi connectivity index (χ3n) is 6.95. The van der Waals surface area contributed by atoms with E-state index in [-0.39, 0.29) is 11.9 Å². The van der Waals surface area contributed by atoms with Crippen molar-refractivity contribution < 1.29 is 19.1 Å². The molecule has 0 heterocycles. The lowest BCUT2D eigenvalue weighted by molar-refractivity contribution is -0.143. The SMILES string of the molecule is C=Cc1cccc(C(C(=O)Nc2c(C)cccc2Cl)N(C(=O)C(CCSC)NC(=O)OC(C)(C)C)C(C)CCC(C)C)c1. The Labute approximate surface area is 267 Å². The Morgan fingerprint density at radius 1 is 1.07 bits per heavy atom. The van der Waals surface area contributed by atoms with E-state index in [2.05, 4.69) is 31.1 Å². The smallest absolute Gasteiger partial charge is 0.408 e. The van der Waals surface area contributed by atoms with E-state index in [1.54, 1.807) is 49.6 Å². The van der Waals surface area contributed by atoms with Gasteiger partial charge < -0.3 is 20.3 Å². The van der Waals surface area contributed by atoms with Crippen LogP contribution in [0.2, 0.25) is 5.02 Å². The van der Waals surface area contributed by atoms with Crippen molar-refractivity contribution in [2.75, 3.05) is 17.3 Å². The van der Waals surface area contributed by atoms with Crippen LogP contribution in [0, 0.1) is 12.8 Å². The molecule has 0 saturated heterocycles. The number of para-hydroxylation sites is 1. The normalized spacial score (nSPS) is 13.5. The van der Waals surface area contributed by atoms with Crippen LogP contribution in [0.3, 0.4) is 0 Å². The molecule has 3 atom stereocenters. The minimum atomic E-state index is -1.01. The number of hydrogen-bond acceptors (Lipinski definition) is 5. The second-order valence-corrected chi connectivity index (χ2v) is 13.6. The first-order valence-corrected chi connectivity index (χ1v) is 16.5. The molecular formula is C34H48ClN3O4S. The Morgan fingerprint density at radius 3 is 2.33 bits per heavy atom. The van der Waals surface area contributed by atoms with E-state index < -0.39 is 29.7 Å². The van der Waals surface area contributed by atoms with Crippen molar-refractivity contribution in [1.82, 2.24) is 10.2 Å². The second kappa shape index (κ2) is 16.8. The summed E-state index contributed by atoms with van der Waals surface area (Å²) in [6, 6.07) is 10.6. The number of hydrogen-bond donors (Lipinski definition) is 2. The number of anilines is 1. The summed E-state index contributed by atoms with van der Waals surface area (Å²) in [5.41, 5.74) is 2.01. The fourth-order valence-electron chi connectivity index (χ4n) is 4.71. The van der Waals surface area contributed by atoms with Crippen LogP contribution < -0.4 is 10.6 Å². The van der Waals surface area contributed by atoms with Crippen LogP contribution >= 0.6 is 23.4 Å². The molecule has 3 amide bonds. The predicted octanol–water partition coefficient (Wildman–Crippen LogP) is 8.27. The van der Waals surface area contributed by atoms with Gasteiger partial charge in [-0.05, 0) is 101 Å². The molecule has 0 spiro atoms. The van der Waals surface area contributed by atoms with Crippen LogP contribution in [0.1, 0.15) is 83.5 Å². The van der Waals surface area contributed by atoms with Crippen LogP contribution in [0.15, 0.2) is 49.0 Å². The monoisotopic (exact) mass is 629 g/mol. The van der Waals surface area contributed by atoms with Crippen molar-refractivity contribution in [3.63, 3.8) is 0 Å². The van der Waals surface area contributed by atoms with Gasteiger partial charge in [0.25, 0.3) is 5.91 Å². The number of carbonyl (C=O) groups excluding carboxylic acids is 3. The molecule has 0 aliphatic heterocycles. The third kappa shape index (κ3) is 11.2. The zero-order chi connectivity index (χ0) is 32.3. The summed E-state index contributed by atoms with van der Waals surface area (Å²) in [6.45, 7) is 17.3. The summed E-state index contributed by atoms with van der Waals surface area (Å²) < 4.78 is 5.51. The van der Waals surface area contributed by atoms with Crippen LogP contribution in [-0.4, -0.2) is 52.5 Å². The number of nitrogens with one attached hydrogen (secondary N) is 2. The van der Waals surface area contributed by atoms with Gasteiger partial charge in [0.2, 0.25) is 5.91 Å². The van der Waals surface area contributed by atoms with Crippen molar-refractivity contribution in [3.8, 4) is 0 Å². The van der Waals surface area contributed by atoms with Gasteiger partial charge in [-0.25, -0.2) is 4.79 Å². The summed E-state index contributed by atoms with van der Waals surface area (Å²) in [5, 5.41) is 6.23. The Hall–Kier alpha value is -2.97. The van der Waals surface area contributed by atoms with Crippen molar-refractivity contribution in [3.05, 3.63) is 70.8 Å². The number of alkyl carbamates (subject to hydrolysis) is 1. The number of rotatable bonds is 14. The van der Waals surface area contributed by atoms with Gasteiger partial charge in [0.1, 0.15) is 17.7 Å². The number of ether oxygens (including phenoxy) is 1. The van der Waals surface area contributed by atoms with E-state index in [0.29, 0.717) is 40.8 Å². The van der Waals surface area contributed by atoms with E-state index in [0.717, 1.165) is 17.5 Å². The zero-order valence-corrected chi connectivity index (χ0v) is 28.4. The Balaban J connectivity index is 2.69. The van der Waals surface area contributed by atoms with Gasteiger partial charge in [0.15, 0.2) is 0 Å². The maximum Gasteiger partial charge on any atom is 0.408 e. The second-order valence-electron chi connectivity index (χ2n) is 12.2. The minimum Gasteiger partial charge on any atom is -0.444 e. The molecule has 9 heteroatoms. The highest BCUT2D eigenvalue weighted by molar-refractivity contribution is 7.98. The molecule has 236 valence electrons. The number of halogens is 1. The highest BCUT2D eigenvalue weighted by atomic mass is 35.5. The summed E-state index contributed by atoms with van der Waals surface area (Å²) >= 11 is 8.08. The molecule has 0 radical (unpaired) electrons. The average Bonchev–Trinajstić information content (AvgIpc) is 2.93. The topological polar surface area (TPSA) is 87.7 Å². The number of thioether (sulfide) groups is 1. The van der Waals surface area contributed by atoms with E-state index in [1.807, 2.05) is 56.5 Å². The molecule has 0 fully saturated rings. The Kier molecular flexibility index (Phi) is 14.1. The van der Waals surface area contributed by atoms with Gasteiger partial charge in [-0.15, -0.1) is 0 Å². The molecule has 43 heavy (non-hydrogen) atoms. The van der Waals surface area contributed by atoms with Crippen LogP contribution in [0.25, 0.3) is 6.08 Å². The van der Waals surface area contributed by atoms with Crippen LogP contribution in [0.5, 0.6) is 0 Å². The molecule has 2 N–H and O–H groups in total. The largest absolute Gasteiger partial charge is 0.444 e. The first-order valence-electron chi connectivity index (χ1n) is 14.8. The molecule has 2 aromatic rings. The lowest BCUT2D eigenvalue weighted by Crippen LogP contribution is -2.55. The Morgan fingerprint density at radius 2 is 1.74 bits per heavy atom. The first-order chi connectivity index (χ1) is 20.2. The van der Waals surface area contributed by atoms with E-state index in [1.165, 1.54) is 0 Å². The van der Waals surface area contributed by atoms with Crippen molar-refractivity contribution >= 4 is 53.0 Å². The average molecular weight is 630 g/mol. The van der Waals surface area contributed by atoms with E-state index >= 15 is 0 Å². The standard InChI is InChI=1S/C34H48ClN3O4S/c1-10-25-14-12-15-26(21-25)30(31(39)37-29-23(4)13-11-16-27(29)35)38(24(5)18-17-22(2)3)32(40)28(19-20-43-9)36-33(41)42-34(6,7)8/h10-16,21-22,24,28,30H,1,17-20H2,2-9H3,(H,36,41)(H,37,39). The molecule has 2 aromatic carbocycles. The summed E-state index contributed by atoms with van der Waals surface area (Å²) in [7, 11) is 0. The van der Waals surface area contributed by atoms with Gasteiger partial charge in [-0.3, -0.25) is 9.59 Å².